The zero-order valence-electron chi connectivity index (χ0n) is 9.49. The lowest BCUT2D eigenvalue weighted by atomic mass is 9.99. The number of aromatic nitrogens is 2. The zero-order valence-corrected chi connectivity index (χ0v) is 10.2. The fraction of sp³-hybridized carbons (Fsp3) is 0.308. The quantitative estimate of drug-likeness (QED) is 0.885. The summed E-state index contributed by atoms with van der Waals surface area (Å²) in [4.78, 5) is 4.46. The van der Waals surface area contributed by atoms with E-state index in [1.807, 2.05) is 18.3 Å². The molecule has 4 heteroatoms. The fourth-order valence-electron chi connectivity index (χ4n) is 2.48. The van der Waals surface area contributed by atoms with Gasteiger partial charge in [0.25, 0.3) is 0 Å². The van der Waals surface area contributed by atoms with Crippen LogP contribution in [0.3, 0.4) is 0 Å². The maximum atomic E-state index is 6.23. The summed E-state index contributed by atoms with van der Waals surface area (Å²) in [7, 11) is 0. The van der Waals surface area contributed by atoms with Crippen LogP contribution in [0.4, 0.5) is 0 Å². The lowest BCUT2D eigenvalue weighted by molar-refractivity contribution is 0.640. The Hall–Kier alpha value is -1.32. The second-order valence-corrected chi connectivity index (χ2v) is 4.67. The van der Waals surface area contributed by atoms with Crippen molar-refractivity contribution in [2.45, 2.75) is 19.4 Å². The van der Waals surface area contributed by atoms with Crippen LogP contribution in [0.1, 0.15) is 11.4 Å². The number of hydrogen-bond donors (Lipinski definition) is 1. The monoisotopic (exact) mass is 247 g/mol. The molecular formula is C13H14ClN3. The van der Waals surface area contributed by atoms with Crippen molar-refractivity contribution in [1.29, 1.82) is 0 Å². The molecule has 1 aromatic carbocycles. The van der Waals surface area contributed by atoms with Crippen molar-refractivity contribution in [2.75, 3.05) is 6.54 Å². The number of hydrogen-bond acceptors (Lipinski definition) is 2. The minimum Gasteiger partial charge on any atom is -0.330 e. The summed E-state index contributed by atoms with van der Waals surface area (Å²) >= 11 is 6.23. The van der Waals surface area contributed by atoms with E-state index < -0.39 is 0 Å². The lowest BCUT2D eigenvalue weighted by Gasteiger charge is -2.21. The molecule has 0 unspecified atom stereocenters. The van der Waals surface area contributed by atoms with Crippen molar-refractivity contribution in [1.82, 2.24) is 9.55 Å². The van der Waals surface area contributed by atoms with E-state index >= 15 is 0 Å². The van der Waals surface area contributed by atoms with Crippen molar-refractivity contribution >= 4 is 11.6 Å². The van der Waals surface area contributed by atoms with Crippen molar-refractivity contribution in [2.24, 2.45) is 5.73 Å². The Morgan fingerprint density at radius 1 is 1.41 bits per heavy atom. The van der Waals surface area contributed by atoms with Crippen molar-refractivity contribution in [3.05, 3.63) is 40.8 Å². The van der Waals surface area contributed by atoms with Gasteiger partial charge in [0.05, 0.1) is 11.9 Å². The minimum atomic E-state index is 0.638. The van der Waals surface area contributed by atoms with Crippen molar-refractivity contribution < 1.29 is 0 Å². The van der Waals surface area contributed by atoms with Crippen LogP contribution in [-0.2, 0) is 19.4 Å². The molecule has 0 aliphatic carbocycles. The maximum Gasteiger partial charge on any atom is 0.110 e. The summed E-state index contributed by atoms with van der Waals surface area (Å²) in [5.74, 6) is 1.08. The van der Waals surface area contributed by atoms with E-state index in [0.717, 1.165) is 35.9 Å². The molecule has 2 N–H and O–H groups in total. The van der Waals surface area contributed by atoms with Gasteiger partial charge in [0.2, 0.25) is 0 Å². The molecule has 1 aromatic heterocycles. The average Bonchev–Trinajstić information content (AvgIpc) is 2.74. The van der Waals surface area contributed by atoms with Crippen molar-refractivity contribution in [3.8, 4) is 11.3 Å². The van der Waals surface area contributed by atoms with Crippen LogP contribution in [0, 0.1) is 0 Å². The van der Waals surface area contributed by atoms with Crippen LogP contribution in [0.5, 0.6) is 0 Å². The first-order valence-corrected chi connectivity index (χ1v) is 6.21. The molecule has 3 nitrogen and oxygen atoms in total. The van der Waals surface area contributed by atoms with Gasteiger partial charge in [-0.2, -0.15) is 0 Å². The molecule has 0 saturated heterocycles. The molecule has 0 atom stereocenters. The smallest absolute Gasteiger partial charge is 0.110 e. The van der Waals surface area contributed by atoms with Gasteiger partial charge < -0.3 is 10.3 Å². The number of imidazole rings is 1. The SMILES string of the molecule is NCCc1ncc2n1CCc1c(Cl)cccc1-2. The Labute approximate surface area is 105 Å². The standard InChI is InChI=1S/C13H14ClN3/c14-11-3-1-2-10-9(11)5-7-17-12(10)8-16-13(17)4-6-15/h1-3,8H,4-7,15H2. The van der Waals surface area contributed by atoms with E-state index in [9.17, 15) is 0 Å². The topological polar surface area (TPSA) is 43.8 Å². The van der Waals surface area contributed by atoms with Gasteiger partial charge in [-0.05, 0) is 24.6 Å². The minimum absolute atomic E-state index is 0.638. The third-order valence-corrected chi connectivity index (χ3v) is 3.64. The molecule has 0 saturated carbocycles. The lowest BCUT2D eigenvalue weighted by Crippen LogP contribution is -2.16. The Morgan fingerprint density at radius 3 is 3.12 bits per heavy atom. The molecule has 2 aromatic rings. The van der Waals surface area contributed by atoms with Crippen LogP contribution in [0.2, 0.25) is 5.02 Å². The predicted octanol–water partition coefficient (Wildman–Crippen LogP) is 2.26. The highest BCUT2D eigenvalue weighted by Crippen LogP contribution is 2.34. The number of halogens is 1. The Morgan fingerprint density at radius 2 is 2.29 bits per heavy atom. The van der Waals surface area contributed by atoms with E-state index in [0.29, 0.717) is 6.54 Å². The number of fused-ring (bicyclic) bond motifs is 3. The van der Waals surface area contributed by atoms with Crippen LogP contribution in [0.15, 0.2) is 24.4 Å². The normalized spacial score (nSPS) is 13.3. The van der Waals surface area contributed by atoms with Gasteiger partial charge in [0.15, 0.2) is 0 Å². The van der Waals surface area contributed by atoms with Gasteiger partial charge in [0.1, 0.15) is 5.82 Å². The highest BCUT2D eigenvalue weighted by atomic mass is 35.5. The molecule has 2 heterocycles. The molecule has 1 aliphatic heterocycles. The summed E-state index contributed by atoms with van der Waals surface area (Å²) in [6.07, 6.45) is 3.73. The third kappa shape index (κ3) is 1.66. The Bertz CT molecular complexity index is 560. The first-order chi connectivity index (χ1) is 8.31. The van der Waals surface area contributed by atoms with Gasteiger partial charge in [-0.15, -0.1) is 0 Å². The Kier molecular flexibility index (Phi) is 2.65. The number of nitrogens with two attached hydrogens (primary N) is 1. The summed E-state index contributed by atoms with van der Waals surface area (Å²) in [5, 5.41) is 0.857. The molecule has 1 aliphatic rings. The highest BCUT2D eigenvalue weighted by molar-refractivity contribution is 6.31. The van der Waals surface area contributed by atoms with E-state index in [-0.39, 0.29) is 0 Å². The first kappa shape index (κ1) is 10.8. The summed E-state index contributed by atoms with van der Waals surface area (Å²) in [6.45, 7) is 1.58. The first-order valence-electron chi connectivity index (χ1n) is 5.83. The predicted molar refractivity (Wildman–Crippen MR) is 69.1 cm³/mol. The Balaban J connectivity index is 2.14. The van der Waals surface area contributed by atoms with Gasteiger partial charge in [0, 0.05) is 23.6 Å². The van der Waals surface area contributed by atoms with Gasteiger partial charge in [-0.25, -0.2) is 4.98 Å². The van der Waals surface area contributed by atoms with Crippen LogP contribution >= 0.6 is 11.6 Å². The van der Waals surface area contributed by atoms with E-state index in [2.05, 4.69) is 15.6 Å². The van der Waals surface area contributed by atoms with Gasteiger partial charge >= 0.3 is 0 Å². The molecule has 0 radical (unpaired) electrons. The second-order valence-electron chi connectivity index (χ2n) is 4.27. The summed E-state index contributed by atoms with van der Waals surface area (Å²) in [5.41, 5.74) is 9.21. The van der Waals surface area contributed by atoms with E-state index in [1.54, 1.807) is 0 Å². The van der Waals surface area contributed by atoms with Gasteiger partial charge in [-0.3, -0.25) is 0 Å². The molecule has 0 spiro atoms. The van der Waals surface area contributed by atoms with Crippen LogP contribution in [-0.4, -0.2) is 16.1 Å². The largest absolute Gasteiger partial charge is 0.330 e. The van der Waals surface area contributed by atoms with Crippen LogP contribution < -0.4 is 5.73 Å². The highest BCUT2D eigenvalue weighted by Gasteiger charge is 2.20. The van der Waals surface area contributed by atoms with E-state index in [1.165, 1.54) is 11.1 Å². The third-order valence-electron chi connectivity index (χ3n) is 3.29. The van der Waals surface area contributed by atoms with Gasteiger partial charge in [-0.1, -0.05) is 23.7 Å². The average molecular weight is 248 g/mol. The maximum absolute atomic E-state index is 6.23. The van der Waals surface area contributed by atoms with E-state index in [4.69, 9.17) is 17.3 Å². The van der Waals surface area contributed by atoms with Crippen molar-refractivity contribution in [3.63, 3.8) is 0 Å². The number of rotatable bonds is 2. The molecule has 0 amide bonds. The molecule has 3 rings (SSSR count). The number of benzene rings is 1. The number of nitrogens with zero attached hydrogens (tertiary/aromatic N) is 2. The molecule has 88 valence electrons. The second kappa shape index (κ2) is 4.17. The molecule has 0 fully saturated rings. The fourth-order valence-corrected chi connectivity index (χ4v) is 2.75. The van der Waals surface area contributed by atoms with Crippen LogP contribution in [0.25, 0.3) is 11.3 Å². The zero-order chi connectivity index (χ0) is 11.8. The molecular weight excluding hydrogens is 234 g/mol. The summed E-state index contributed by atoms with van der Waals surface area (Å²) < 4.78 is 2.26. The molecule has 0 bridgehead atoms. The molecule has 17 heavy (non-hydrogen) atoms. The summed E-state index contributed by atoms with van der Waals surface area (Å²) in [6, 6.07) is 6.06.